The second-order valence-corrected chi connectivity index (χ2v) is 10.6. The van der Waals surface area contributed by atoms with Gasteiger partial charge < -0.3 is 25.0 Å². The predicted molar refractivity (Wildman–Crippen MR) is 157 cm³/mol. The van der Waals surface area contributed by atoms with Gasteiger partial charge >= 0.3 is 12.2 Å². The van der Waals surface area contributed by atoms with Gasteiger partial charge in [-0.1, -0.05) is 80.3 Å². The summed E-state index contributed by atoms with van der Waals surface area (Å²) in [7, 11) is 0. The monoisotopic (exact) mass is 560 g/mol. The molecule has 0 spiro atoms. The van der Waals surface area contributed by atoms with Crippen LogP contribution in [0.2, 0.25) is 5.02 Å². The van der Waals surface area contributed by atoms with Crippen LogP contribution in [-0.4, -0.2) is 32.9 Å². The molecule has 0 aliphatic heterocycles. The number of aryl methyl sites for hydroxylation is 1. The van der Waals surface area contributed by atoms with Crippen molar-refractivity contribution in [3.63, 3.8) is 0 Å². The summed E-state index contributed by atoms with van der Waals surface area (Å²) in [6, 6.07) is 18.6. The maximum Gasteiger partial charge on any atom is 0.511 e. The number of carbonyl (C=O) groups excluding carboxylic acids is 1. The van der Waals surface area contributed by atoms with Gasteiger partial charge in [0, 0.05) is 30.3 Å². The maximum atomic E-state index is 12.7. The molecule has 0 saturated heterocycles. The van der Waals surface area contributed by atoms with E-state index in [1.54, 1.807) is 18.2 Å². The van der Waals surface area contributed by atoms with Crippen LogP contribution in [0.25, 0.3) is 22.2 Å². The van der Waals surface area contributed by atoms with Gasteiger partial charge in [0.15, 0.2) is 0 Å². The first-order valence-electron chi connectivity index (χ1n) is 13.8. The number of amides is 2. The number of fused-ring (bicyclic) bond motifs is 1. The van der Waals surface area contributed by atoms with Gasteiger partial charge in [0.1, 0.15) is 17.1 Å². The fourth-order valence-corrected chi connectivity index (χ4v) is 5.61. The summed E-state index contributed by atoms with van der Waals surface area (Å²) >= 11 is 6.66. The first-order chi connectivity index (χ1) is 19.4. The lowest BCUT2D eigenvalue weighted by atomic mass is 9.96. The third-order valence-electron chi connectivity index (χ3n) is 7.25. The van der Waals surface area contributed by atoms with Crippen molar-refractivity contribution < 1.29 is 19.4 Å². The maximum absolute atomic E-state index is 12.7. The number of imidazole rings is 1. The summed E-state index contributed by atoms with van der Waals surface area (Å²) in [6.45, 7) is 2.67. The molecule has 0 bridgehead atoms. The third kappa shape index (κ3) is 6.39. The van der Waals surface area contributed by atoms with Gasteiger partial charge in [-0.15, -0.1) is 0 Å². The molecule has 1 aromatic heterocycles. The van der Waals surface area contributed by atoms with Crippen LogP contribution in [0.3, 0.4) is 0 Å². The Kier molecular flexibility index (Phi) is 8.55. The number of hydrogen-bond acceptors (Lipinski definition) is 4. The van der Waals surface area contributed by atoms with E-state index in [-0.39, 0.29) is 17.8 Å². The number of benzene rings is 3. The Balaban J connectivity index is 1.41. The molecule has 1 saturated carbocycles. The zero-order chi connectivity index (χ0) is 28.1. The van der Waals surface area contributed by atoms with Gasteiger partial charge in [-0.25, -0.2) is 14.6 Å². The van der Waals surface area contributed by atoms with Gasteiger partial charge in [0.25, 0.3) is 0 Å². The van der Waals surface area contributed by atoms with E-state index in [1.165, 1.54) is 6.42 Å². The summed E-state index contributed by atoms with van der Waals surface area (Å²) in [4.78, 5) is 28.7. The summed E-state index contributed by atoms with van der Waals surface area (Å²) < 4.78 is 7.10. The van der Waals surface area contributed by atoms with E-state index in [0.717, 1.165) is 61.0 Å². The number of hydrogen-bond donors (Lipinski definition) is 3. The molecule has 0 atom stereocenters. The minimum atomic E-state index is -1.35. The number of nitrogens with one attached hydrogen (secondary N) is 2. The van der Waals surface area contributed by atoms with Crippen LogP contribution in [-0.2, 0) is 13.0 Å². The van der Waals surface area contributed by atoms with Gasteiger partial charge in [-0.2, -0.15) is 0 Å². The fourth-order valence-electron chi connectivity index (χ4n) is 5.35. The first-order valence-corrected chi connectivity index (χ1v) is 14.1. The van der Waals surface area contributed by atoms with Crippen molar-refractivity contribution in [2.45, 2.75) is 64.5 Å². The van der Waals surface area contributed by atoms with E-state index >= 15 is 0 Å². The van der Waals surface area contributed by atoms with Crippen LogP contribution in [0.4, 0.5) is 15.3 Å². The summed E-state index contributed by atoms with van der Waals surface area (Å²) in [5, 5.41) is 15.6. The van der Waals surface area contributed by atoms with Crippen LogP contribution < -0.4 is 15.4 Å². The van der Waals surface area contributed by atoms with Crippen LogP contribution in [0, 0.1) is 0 Å². The van der Waals surface area contributed by atoms with E-state index in [4.69, 9.17) is 26.4 Å². The molecule has 40 heavy (non-hydrogen) atoms. The molecule has 3 N–H and O–H groups in total. The van der Waals surface area contributed by atoms with Crippen molar-refractivity contribution in [3.05, 3.63) is 77.1 Å². The Morgan fingerprint density at radius 2 is 1.82 bits per heavy atom. The molecular weight excluding hydrogens is 528 g/mol. The van der Waals surface area contributed by atoms with Crippen molar-refractivity contribution in [3.8, 4) is 16.9 Å². The molecule has 0 radical (unpaired) electrons. The Labute approximate surface area is 238 Å². The number of nitrogens with zero attached hydrogens (tertiary/aromatic N) is 2. The highest BCUT2D eigenvalue weighted by atomic mass is 35.5. The molecule has 1 fully saturated rings. The lowest BCUT2D eigenvalue weighted by Crippen LogP contribution is -2.39. The second kappa shape index (κ2) is 12.4. The number of halogens is 1. The fraction of sp³-hybridized carbons (Fsp3) is 0.323. The van der Waals surface area contributed by atoms with E-state index in [0.29, 0.717) is 28.3 Å². The van der Waals surface area contributed by atoms with Crippen LogP contribution >= 0.6 is 11.6 Å². The van der Waals surface area contributed by atoms with Crippen molar-refractivity contribution in [1.29, 1.82) is 0 Å². The molecule has 1 aliphatic rings. The van der Waals surface area contributed by atoms with Crippen molar-refractivity contribution >= 4 is 40.5 Å². The predicted octanol–water partition coefficient (Wildman–Crippen LogP) is 7.87. The smallest absolute Gasteiger partial charge is 0.449 e. The number of para-hydroxylation sites is 1. The highest BCUT2D eigenvalue weighted by Gasteiger charge is 2.18. The Bertz CT molecular complexity index is 1510. The molecule has 1 heterocycles. The molecule has 4 aromatic rings. The average Bonchev–Trinajstić information content (AvgIpc) is 3.27. The highest BCUT2D eigenvalue weighted by molar-refractivity contribution is 6.35. The zero-order valence-electron chi connectivity index (χ0n) is 22.5. The van der Waals surface area contributed by atoms with Gasteiger partial charge in [0.2, 0.25) is 0 Å². The van der Waals surface area contributed by atoms with Crippen LogP contribution in [0.15, 0.2) is 60.7 Å². The minimum Gasteiger partial charge on any atom is -0.449 e. The summed E-state index contributed by atoms with van der Waals surface area (Å²) in [5.41, 5.74) is 4.78. The molecule has 9 heteroatoms. The van der Waals surface area contributed by atoms with E-state index in [9.17, 15) is 9.59 Å². The van der Waals surface area contributed by atoms with Gasteiger partial charge in [-0.3, -0.25) is 0 Å². The lowest BCUT2D eigenvalue weighted by molar-refractivity contribution is 0.144. The SMILES string of the molecule is CCCc1nc2c(Cl)cc(NC(=O)NC3CCCCC3)cc2n1Cc1ccc(-c2ccccc2OC(=O)O)cc1. The number of anilines is 1. The molecule has 1 aliphatic carbocycles. The molecule has 8 nitrogen and oxygen atoms in total. The number of ether oxygens (including phenoxy) is 1. The van der Waals surface area contributed by atoms with E-state index in [2.05, 4.69) is 22.1 Å². The Morgan fingerprint density at radius 3 is 2.55 bits per heavy atom. The molecule has 2 amide bonds. The highest BCUT2D eigenvalue weighted by Crippen LogP contribution is 2.32. The van der Waals surface area contributed by atoms with Crippen LogP contribution in [0.1, 0.15) is 56.8 Å². The Hall–Kier alpha value is -4.04. The summed E-state index contributed by atoms with van der Waals surface area (Å²) in [6.07, 6.45) is 5.90. The summed E-state index contributed by atoms with van der Waals surface area (Å²) in [5.74, 6) is 1.21. The number of urea groups is 1. The van der Waals surface area contributed by atoms with Crippen molar-refractivity contribution in [2.75, 3.05) is 5.32 Å². The zero-order valence-corrected chi connectivity index (χ0v) is 23.2. The lowest BCUT2D eigenvalue weighted by Gasteiger charge is -2.22. The number of aromatic nitrogens is 2. The van der Waals surface area contributed by atoms with Crippen LogP contribution in [0.5, 0.6) is 5.75 Å². The van der Waals surface area contributed by atoms with Crippen molar-refractivity contribution in [2.24, 2.45) is 0 Å². The third-order valence-corrected chi connectivity index (χ3v) is 7.54. The number of rotatable bonds is 8. The topological polar surface area (TPSA) is 105 Å². The van der Waals surface area contributed by atoms with Gasteiger partial charge in [0.05, 0.1) is 10.5 Å². The normalized spacial score (nSPS) is 13.8. The quantitative estimate of drug-likeness (QED) is 0.150. The molecule has 0 unspecified atom stereocenters. The Morgan fingerprint density at radius 1 is 1.07 bits per heavy atom. The van der Waals surface area contributed by atoms with E-state index in [1.807, 2.05) is 42.5 Å². The molecular formula is C31H33ClN4O4. The van der Waals surface area contributed by atoms with Gasteiger partial charge in [-0.05, 0) is 48.6 Å². The molecule has 5 rings (SSSR count). The largest absolute Gasteiger partial charge is 0.511 e. The van der Waals surface area contributed by atoms with Crippen molar-refractivity contribution in [1.82, 2.24) is 14.9 Å². The molecule has 3 aromatic carbocycles. The standard InChI is InChI=1S/C31H33ClN4O4/c1-2-8-28-35-29-25(32)17-23(34-30(37)33-22-9-4-3-5-10-22)18-26(29)36(28)19-20-13-15-21(16-14-20)24-11-6-7-12-27(24)40-31(38)39/h6-7,11-18,22H,2-5,8-10,19H2,1H3,(H,38,39)(H2,33,34,37). The second-order valence-electron chi connectivity index (χ2n) is 10.2. The minimum absolute atomic E-state index is 0.209. The molecule has 208 valence electrons. The number of carboxylic acid groups (broad SMARTS) is 1. The van der Waals surface area contributed by atoms with E-state index < -0.39 is 6.16 Å². The number of carbonyl (C=O) groups is 2. The first kappa shape index (κ1) is 27.5. The average molecular weight is 561 g/mol.